The molecule has 13 heteroatoms. The number of amides is 1. The summed E-state index contributed by atoms with van der Waals surface area (Å²) in [6.45, 7) is 3.51. The normalized spacial score (nSPS) is 17.7. The molecule has 0 spiro atoms. The predicted molar refractivity (Wildman–Crippen MR) is 159 cm³/mol. The van der Waals surface area contributed by atoms with Crippen molar-refractivity contribution in [1.82, 2.24) is 20.1 Å². The molecule has 0 unspecified atom stereocenters. The first-order chi connectivity index (χ1) is 20.6. The van der Waals surface area contributed by atoms with E-state index in [4.69, 9.17) is 0 Å². The lowest BCUT2D eigenvalue weighted by molar-refractivity contribution is -0.0361. The number of hydrogen-bond acceptors (Lipinski definition) is 7. The van der Waals surface area contributed by atoms with E-state index in [9.17, 15) is 22.4 Å². The first-order valence-electron chi connectivity index (χ1n) is 14.1. The van der Waals surface area contributed by atoms with Crippen molar-refractivity contribution in [3.63, 3.8) is 0 Å². The van der Waals surface area contributed by atoms with Gasteiger partial charge >= 0.3 is 0 Å². The Morgan fingerprint density at radius 2 is 1.72 bits per heavy atom. The van der Waals surface area contributed by atoms with Gasteiger partial charge in [-0.05, 0) is 56.3 Å². The van der Waals surface area contributed by atoms with Gasteiger partial charge in [0.15, 0.2) is 11.5 Å². The van der Waals surface area contributed by atoms with Crippen LogP contribution in [-0.4, -0.2) is 71.2 Å². The average Bonchev–Trinajstić information content (AvgIpc) is 3.35. The number of rotatable bonds is 7. The molecule has 226 valence electrons. The third-order valence-corrected chi connectivity index (χ3v) is 8.82. The first-order valence-corrected chi connectivity index (χ1v) is 14.9. The smallest absolute Gasteiger partial charge is 0.258 e. The highest BCUT2D eigenvalue weighted by Gasteiger charge is 2.35. The second-order valence-corrected chi connectivity index (χ2v) is 12.2. The number of nitrogens with one attached hydrogen (secondary N) is 3. The maximum Gasteiger partial charge on any atom is 0.258 e. The van der Waals surface area contributed by atoms with Gasteiger partial charge in [-0.25, -0.2) is 22.5 Å². The van der Waals surface area contributed by atoms with Crippen LogP contribution in [0.25, 0.3) is 11.0 Å². The topological polar surface area (TPSA) is 89.2 Å². The third kappa shape index (κ3) is 6.88. The van der Waals surface area contributed by atoms with E-state index >= 15 is 0 Å². The standard InChI is InChI=1S/C30H31F4N7OS/c1-40-8-10-41(11-9-40)21-2-3-24(26(15-21)36-20-4-6-30(33,34)7-5-20)29(42)37-28-25-16-23(17-35-27(25)38-39-28)43-22-13-18(31)12-19(32)14-22/h2-3,12-17,20,36H,4-11H2,1H3,(H2,35,37,38,39,42). The molecular weight excluding hydrogens is 582 g/mol. The molecule has 8 nitrogen and oxygen atoms in total. The molecule has 2 aromatic heterocycles. The van der Waals surface area contributed by atoms with Crippen molar-refractivity contribution in [3.8, 4) is 0 Å². The number of benzene rings is 2. The van der Waals surface area contributed by atoms with Crippen molar-refractivity contribution < 1.29 is 22.4 Å². The summed E-state index contributed by atoms with van der Waals surface area (Å²) in [5, 5.41) is 13.8. The molecule has 1 amide bonds. The summed E-state index contributed by atoms with van der Waals surface area (Å²) in [6, 6.07) is 10.4. The summed E-state index contributed by atoms with van der Waals surface area (Å²) < 4.78 is 55.0. The Balaban J connectivity index is 1.25. The number of aromatic amines is 1. The molecule has 2 fully saturated rings. The number of fused-ring (bicyclic) bond motifs is 1. The lowest BCUT2D eigenvalue weighted by atomic mass is 9.92. The van der Waals surface area contributed by atoms with Crippen LogP contribution in [0.4, 0.5) is 34.8 Å². The molecule has 3 N–H and O–H groups in total. The quantitative estimate of drug-likeness (QED) is 0.209. The lowest BCUT2D eigenvalue weighted by Gasteiger charge is -2.35. The Hall–Kier alpha value is -3.84. The van der Waals surface area contributed by atoms with Gasteiger partial charge in [-0.15, -0.1) is 0 Å². The highest BCUT2D eigenvalue weighted by molar-refractivity contribution is 7.99. The summed E-state index contributed by atoms with van der Waals surface area (Å²) in [5.74, 6) is -4.20. The van der Waals surface area contributed by atoms with E-state index < -0.39 is 23.5 Å². The van der Waals surface area contributed by atoms with E-state index in [2.05, 4.69) is 42.7 Å². The second kappa shape index (κ2) is 12.0. The van der Waals surface area contributed by atoms with Crippen molar-refractivity contribution in [2.75, 3.05) is 48.8 Å². The number of aromatic nitrogens is 3. The Labute approximate surface area is 250 Å². The van der Waals surface area contributed by atoms with E-state index in [0.717, 1.165) is 49.7 Å². The number of hydrogen-bond donors (Lipinski definition) is 3. The molecule has 1 aliphatic carbocycles. The van der Waals surface area contributed by atoms with Crippen LogP contribution in [0, 0.1) is 11.6 Å². The van der Waals surface area contributed by atoms with Crippen LogP contribution < -0.4 is 15.5 Å². The number of halogens is 4. The molecule has 1 aliphatic heterocycles. The summed E-state index contributed by atoms with van der Waals surface area (Å²) >= 11 is 1.13. The molecule has 6 rings (SSSR count). The van der Waals surface area contributed by atoms with E-state index in [1.165, 1.54) is 12.1 Å². The number of pyridine rings is 1. The largest absolute Gasteiger partial charge is 0.382 e. The number of nitrogens with zero attached hydrogens (tertiary/aromatic N) is 4. The van der Waals surface area contributed by atoms with Gasteiger partial charge in [-0.3, -0.25) is 9.89 Å². The minimum absolute atomic E-state index is 0.184. The average molecular weight is 614 g/mol. The number of likely N-dealkylation sites (N-methyl/N-ethyl adjacent to an activating group) is 1. The van der Waals surface area contributed by atoms with Crippen molar-refractivity contribution >= 4 is 45.9 Å². The molecule has 2 aliphatic rings. The zero-order chi connectivity index (χ0) is 30.1. The molecule has 1 saturated heterocycles. The van der Waals surface area contributed by atoms with Crippen molar-refractivity contribution in [2.45, 2.75) is 47.4 Å². The van der Waals surface area contributed by atoms with Gasteiger partial charge in [-0.1, -0.05) is 11.8 Å². The molecule has 4 aromatic rings. The van der Waals surface area contributed by atoms with E-state index in [0.29, 0.717) is 44.9 Å². The summed E-state index contributed by atoms with van der Waals surface area (Å²) in [7, 11) is 2.08. The van der Waals surface area contributed by atoms with E-state index in [-0.39, 0.29) is 24.7 Å². The maximum atomic E-state index is 13.8. The molecule has 0 radical (unpaired) electrons. The summed E-state index contributed by atoms with van der Waals surface area (Å²) in [5.41, 5.74) is 2.32. The molecule has 0 bridgehead atoms. The fourth-order valence-corrected chi connectivity index (χ4v) is 6.35. The number of carbonyl (C=O) groups is 1. The number of anilines is 3. The second-order valence-electron chi connectivity index (χ2n) is 11.1. The minimum Gasteiger partial charge on any atom is -0.382 e. The number of alkyl halides is 2. The van der Waals surface area contributed by atoms with Gasteiger partial charge in [0.05, 0.1) is 10.9 Å². The molecule has 0 atom stereocenters. The zero-order valence-electron chi connectivity index (χ0n) is 23.5. The fraction of sp³-hybridized carbons (Fsp3) is 0.367. The minimum atomic E-state index is -2.66. The van der Waals surface area contributed by atoms with Gasteiger partial charge in [-0.2, -0.15) is 5.10 Å². The Morgan fingerprint density at radius 3 is 2.44 bits per heavy atom. The van der Waals surface area contributed by atoms with Gasteiger partial charge in [0.1, 0.15) is 11.6 Å². The monoisotopic (exact) mass is 613 g/mol. The van der Waals surface area contributed by atoms with Crippen molar-refractivity contribution in [3.05, 3.63) is 65.9 Å². The Kier molecular flexibility index (Phi) is 8.19. The van der Waals surface area contributed by atoms with Crippen LogP contribution in [0.5, 0.6) is 0 Å². The first kappa shape index (κ1) is 29.2. The van der Waals surface area contributed by atoms with Crippen LogP contribution in [0.2, 0.25) is 0 Å². The van der Waals surface area contributed by atoms with Crippen LogP contribution in [-0.2, 0) is 0 Å². The zero-order valence-corrected chi connectivity index (χ0v) is 24.3. The molecule has 1 saturated carbocycles. The van der Waals surface area contributed by atoms with Gasteiger partial charge in [0.25, 0.3) is 5.91 Å². The maximum absolute atomic E-state index is 13.8. The molecule has 2 aromatic carbocycles. The molecule has 43 heavy (non-hydrogen) atoms. The number of piperazine rings is 1. The fourth-order valence-electron chi connectivity index (χ4n) is 5.45. The number of H-pyrrole nitrogens is 1. The van der Waals surface area contributed by atoms with Crippen molar-refractivity contribution in [1.29, 1.82) is 0 Å². The SMILES string of the molecule is CN1CCN(c2ccc(C(=O)Nc3n[nH]c4ncc(Sc5cc(F)cc(F)c5)cc34)c(NC3CCC(F)(F)CC3)c2)CC1. The highest BCUT2D eigenvalue weighted by atomic mass is 32.2. The number of carbonyl (C=O) groups excluding carboxylic acids is 1. The van der Waals surface area contributed by atoms with Gasteiger partial charge in [0, 0.05) is 78.5 Å². The summed E-state index contributed by atoms with van der Waals surface area (Å²) in [6.07, 6.45) is 1.76. The summed E-state index contributed by atoms with van der Waals surface area (Å²) in [4.78, 5) is 23.5. The predicted octanol–water partition coefficient (Wildman–Crippen LogP) is 6.38. The lowest BCUT2D eigenvalue weighted by Crippen LogP contribution is -2.44. The third-order valence-electron chi connectivity index (χ3n) is 7.89. The van der Waals surface area contributed by atoms with Crippen LogP contribution in [0.1, 0.15) is 36.0 Å². The van der Waals surface area contributed by atoms with Crippen molar-refractivity contribution in [2.24, 2.45) is 0 Å². The highest BCUT2D eigenvalue weighted by Crippen LogP contribution is 2.36. The van der Waals surface area contributed by atoms with Crippen LogP contribution in [0.3, 0.4) is 0 Å². The van der Waals surface area contributed by atoms with Gasteiger partial charge in [0.2, 0.25) is 5.92 Å². The van der Waals surface area contributed by atoms with E-state index in [1.54, 1.807) is 18.3 Å². The van der Waals surface area contributed by atoms with Gasteiger partial charge < -0.3 is 20.4 Å². The molecular formula is C30H31F4N7OS. The Morgan fingerprint density at radius 1 is 1.00 bits per heavy atom. The van der Waals surface area contributed by atoms with Crippen LogP contribution >= 0.6 is 11.8 Å². The molecule has 3 heterocycles. The Bertz CT molecular complexity index is 1610. The van der Waals surface area contributed by atoms with E-state index in [1.807, 2.05) is 12.1 Å². The van der Waals surface area contributed by atoms with Crippen LogP contribution in [0.15, 0.2) is 58.5 Å².